The number of morpholine rings is 1. The van der Waals surface area contributed by atoms with Crippen LogP contribution in [-0.2, 0) is 22.6 Å². The lowest BCUT2D eigenvalue weighted by Crippen LogP contribution is -2.35. The number of carbonyl (C=O) groups excluding carboxylic acids is 1. The van der Waals surface area contributed by atoms with Crippen molar-refractivity contribution in [3.8, 4) is 5.75 Å². The lowest BCUT2D eigenvalue weighted by atomic mass is 10.2. The maximum absolute atomic E-state index is 12.3. The monoisotopic (exact) mass is 375 g/mol. The molecule has 0 radical (unpaired) electrons. The number of nitrogens with zero attached hydrogens (tertiary/aromatic N) is 3. The molecule has 1 aromatic carbocycles. The summed E-state index contributed by atoms with van der Waals surface area (Å²) in [6, 6.07) is 7.70. The van der Waals surface area contributed by atoms with Gasteiger partial charge in [0.25, 0.3) is 5.91 Å². The summed E-state index contributed by atoms with van der Waals surface area (Å²) in [5.74, 6) is 0.655. The summed E-state index contributed by atoms with van der Waals surface area (Å²) in [6.07, 6.45) is 0. The predicted molar refractivity (Wildman–Crippen MR) is 101 cm³/mol. The Hall–Kier alpha value is -1.96. The van der Waals surface area contributed by atoms with Crippen molar-refractivity contribution in [1.29, 1.82) is 0 Å². The quantitative estimate of drug-likeness (QED) is 0.743. The number of hydrogen-bond acceptors (Lipinski definition) is 6. The first kappa shape index (κ1) is 18.8. The van der Waals surface area contributed by atoms with Crippen molar-refractivity contribution in [2.24, 2.45) is 0 Å². The number of likely N-dealkylation sites (N-methyl/N-ethyl adjacent to an activating group) is 1. The fraction of sp³-hybridized carbons (Fsp3) is 0.474. The van der Waals surface area contributed by atoms with E-state index in [4.69, 9.17) is 9.47 Å². The SMILES string of the molecule is Cc1cccc(OCC(=O)N(C)Cc2csc(CN3CCOCC3)n2)c1. The lowest BCUT2D eigenvalue weighted by Gasteiger charge is -2.25. The second-order valence-electron chi connectivity index (χ2n) is 6.48. The first-order valence-electron chi connectivity index (χ1n) is 8.77. The summed E-state index contributed by atoms with van der Waals surface area (Å²) in [5.41, 5.74) is 2.03. The molecule has 0 unspecified atom stereocenters. The third-order valence-corrected chi connectivity index (χ3v) is 5.12. The van der Waals surface area contributed by atoms with Crippen LogP contribution in [0.25, 0.3) is 0 Å². The van der Waals surface area contributed by atoms with Gasteiger partial charge in [-0.25, -0.2) is 4.98 Å². The zero-order valence-corrected chi connectivity index (χ0v) is 16.1. The van der Waals surface area contributed by atoms with Gasteiger partial charge in [-0.2, -0.15) is 0 Å². The van der Waals surface area contributed by atoms with Gasteiger partial charge in [-0.05, 0) is 24.6 Å². The molecule has 2 aromatic rings. The fourth-order valence-corrected chi connectivity index (χ4v) is 3.56. The minimum Gasteiger partial charge on any atom is -0.484 e. The molecular formula is C19H25N3O3S. The average molecular weight is 375 g/mol. The molecule has 1 amide bonds. The van der Waals surface area contributed by atoms with E-state index in [0.717, 1.165) is 49.1 Å². The normalized spacial score (nSPS) is 15.0. The van der Waals surface area contributed by atoms with Gasteiger partial charge in [-0.15, -0.1) is 11.3 Å². The Morgan fingerprint density at radius 2 is 2.19 bits per heavy atom. The highest BCUT2D eigenvalue weighted by Crippen LogP contribution is 2.15. The number of aromatic nitrogens is 1. The predicted octanol–water partition coefficient (Wildman–Crippen LogP) is 2.32. The van der Waals surface area contributed by atoms with E-state index in [-0.39, 0.29) is 12.5 Å². The second kappa shape index (κ2) is 9.12. The molecule has 0 saturated carbocycles. The molecule has 0 atom stereocenters. The highest BCUT2D eigenvalue weighted by atomic mass is 32.1. The van der Waals surface area contributed by atoms with E-state index in [2.05, 4.69) is 9.88 Å². The summed E-state index contributed by atoms with van der Waals surface area (Å²) in [4.78, 5) is 20.9. The zero-order chi connectivity index (χ0) is 18.4. The molecule has 2 heterocycles. The molecule has 7 heteroatoms. The number of hydrogen-bond donors (Lipinski definition) is 0. The summed E-state index contributed by atoms with van der Waals surface area (Å²) in [6.45, 7) is 6.85. The molecule has 1 fully saturated rings. The van der Waals surface area contributed by atoms with Gasteiger partial charge in [-0.1, -0.05) is 12.1 Å². The molecule has 0 aliphatic carbocycles. The van der Waals surface area contributed by atoms with Gasteiger partial charge < -0.3 is 14.4 Å². The van der Waals surface area contributed by atoms with Crippen LogP contribution in [0.15, 0.2) is 29.6 Å². The number of thiazole rings is 1. The number of ether oxygens (including phenoxy) is 2. The number of benzene rings is 1. The van der Waals surface area contributed by atoms with Gasteiger partial charge in [-0.3, -0.25) is 9.69 Å². The van der Waals surface area contributed by atoms with Crippen LogP contribution in [0.2, 0.25) is 0 Å². The number of carbonyl (C=O) groups is 1. The van der Waals surface area contributed by atoms with Crippen molar-refractivity contribution in [3.05, 3.63) is 45.9 Å². The Kier molecular flexibility index (Phi) is 6.60. The Morgan fingerprint density at radius 1 is 1.38 bits per heavy atom. The molecule has 6 nitrogen and oxygen atoms in total. The minimum atomic E-state index is -0.0609. The largest absolute Gasteiger partial charge is 0.484 e. The van der Waals surface area contributed by atoms with Crippen molar-refractivity contribution >= 4 is 17.2 Å². The van der Waals surface area contributed by atoms with E-state index in [1.54, 1.807) is 23.3 Å². The third-order valence-electron chi connectivity index (χ3n) is 4.24. The number of rotatable bonds is 7. The molecule has 1 saturated heterocycles. The van der Waals surface area contributed by atoms with E-state index in [9.17, 15) is 4.79 Å². The Labute approximate surface area is 158 Å². The summed E-state index contributed by atoms with van der Waals surface area (Å²) in [7, 11) is 1.78. The summed E-state index contributed by atoms with van der Waals surface area (Å²) >= 11 is 1.65. The van der Waals surface area contributed by atoms with E-state index in [0.29, 0.717) is 12.3 Å². The maximum atomic E-state index is 12.3. The van der Waals surface area contributed by atoms with Crippen LogP contribution in [0.5, 0.6) is 5.75 Å². The van der Waals surface area contributed by atoms with Crippen LogP contribution >= 0.6 is 11.3 Å². The Balaban J connectivity index is 1.46. The highest BCUT2D eigenvalue weighted by molar-refractivity contribution is 7.09. The number of amides is 1. The smallest absolute Gasteiger partial charge is 0.260 e. The molecule has 140 valence electrons. The van der Waals surface area contributed by atoms with Crippen LogP contribution in [-0.4, -0.2) is 60.6 Å². The van der Waals surface area contributed by atoms with Crippen molar-refractivity contribution in [2.45, 2.75) is 20.0 Å². The highest BCUT2D eigenvalue weighted by Gasteiger charge is 2.15. The lowest BCUT2D eigenvalue weighted by molar-refractivity contribution is -0.132. The van der Waals surface area contributed by atoms with Crippen molar-refractivity contribution in [1.82, 2.24) is 14.8 Å². The molecule has 0 spiro atoms. The third kappa shape index (κ3) is 5.52. The molecule has 0 bridgehead atoms. The van der Waals surface area contributed by atoms with Crippen LogP contribution in [0.3, 0.4) is 0 Å². The fourth-order valence-electron chi connectivity index (χ4n) is 2.74. The number of aryl methyl sites for hydroxylation is 1. The van der Waals surface area contributed by atoms with Gasteiger partial charge in [0.1, 0.15) is 10.8 Å². The minimum absolute atomic E-state index is 0.0325. The van der Waals surface area contributed by atoms with Gasteiger partial charge in [0, 0.05) is 25.5 Å². The van der Waals surface area contributed by atoms with Crippen molar-refractivity contribution in [2.75, 3.05) is 40.0 Å². The van der Waals surface area contributed by atoms with Gasteiger partial charge in [0.15, 0.2) is 6.61 Å². The van der Waals surface area contributed by atoms with Crippen LogP contribution in [0.4, 0.5) is 0 Å². The summed E-state index contributed by atoms with van der Waals surface area (Å²) < 4.78 is 11.0. The van der Waals surface area contributed by atoms with Crippen molar-refractivity contribution in [3.63, 3.8) is 0 Å². The molecule has 1 aliphatic rings. The zero-order valence-electron chi connectivity index (χ0n) is 15.3. The average Bonchev–Trinajstić information content (AvgIpc) is 3.07. The second-order valence-corrected chi connectivity index (χ2v) is 7.42. The molecule has 26 heavy (non-hydrogen) atoms. The van der Waals surface area contributed by atoms with Crippen LogP contribution < -0.4 is 4.74 Å². The van der Waals surface area contributed by atoms with Crippen LogP contribution in [0, 0.1) is 6.92 Å². The van der Waals surface area contributed by atoms with E-state index < -0.39 is 0 Å². The summed E-state index contributed by atoms with van der Waals surface area (Å²) in [5, 5.41) is 3.11. The van der Waals surface area contributed by atoms with E-state index >= 15 is 0 Å². The molecular weight excluding hydrogens is 350 g/mol. The molecule has 1 aliphatic heterocycles. The Bertz CT molecular complexity index is 728. The standard InChI is InChI=1S/C19H25N3O3S/c1-15-4-3-5-17(10-15)25-13-19(23)21(2)11-16-14-26-18(20-16)12-22-6-8-24-9-7-22/h3-5,10,14H,6-9,11-13H2,1-2H3. The van der Waals surface area contributed by atoms with Crippen molar-refractivity contribution < 1.29 is 14.3 Å². The van der Waals surface area contributed by atoms with E-state index in [1.165, 1.54) is 0 Å². The first-order valence-corrected chi connectivity index (χ1v) is 9.65. The van der Waals surface area contributed by atoms with Gasteiger partial charge in [0.05, 0.1) is 32.0 Å². The molecule has 1 aromatic heterocycles. The van der Waals surface area contributed by atoms with Gasteiger partial charge >= 0.3 is 0 Å². The van der Waals surface area contributed by atoms with E-state index in [1.807, 2.05) is 36.6 Å². The Morgan fingerprint density at radius 3 is 2.96 bits per heavy atom. The van der Waals surface area contributed by atoms with Crippen LogP contribution in [0.1, 0.15) is 16.3 Å². The maximum Gasteiger partial charge on any atom is 0.260 e. The molecule has 3 rings (SSSR count). The molecule has 0 N–H and O–H groups in total. The first-order chi connectivity index (χ1) is 12.6. The van der Waals surface area contributed by atoms with Gasteiger partial charge in [0.2, 0.25) is 0 Å². The topological polar surface area (TPSA) is 54.9 Å².